The van der Waals surface area contributed by atoms with E-state index in [0.717, 1.165) is 37.3 Å². The summed E-state index contributed by atoms with van der Waals surface area (Å²) in [4.78, 5) is 13.1. The molecule has 1 N–H and O–H groups in total. The van der Waals surface area contributed by atoms with Crippen molar-refractivity contribution in [2.24, 2.45) is 0 Å². The van der Waals surface area contributed by atoms with E-state index in [1.54, 1.807) is 12.1 Å². The Morgan fingerprint density at radius 2 is 1.32 bits per heavy atom. The highest BCUT2D eigenvalue weighted by molar-refractivity contribution is 5.95. The first kappa shape index (κ1) is 23.8. The van der Waals surface area contributed by atoms with Gasteiger partial charge >= 0.3 is 0 Å². The first-order valence-electron chi connectivity index (χ1n) is 11.9. The lowest BCUT2D eigenvalue weighted by atomic mass is 10.1. The van der Waals surface area contributed by atoms with Crippen LogP contribution in [0, 0.1) is 0 Å². The molecule has 1 aliphatic heterocycles. The summed E-state index contributed by atoms with van der Waals surface area (Å²) in [6.07, 6.45) is 0. The third-order valence-corrected chi connectivity index (χ3v) is 6.01. The van der Waals surface area contributed by atoms with Crippen LogP contribution in [0.3, 0.4) is 0 Å². The molecule has 1 saturated heterocycles. The molecule has 0 aliphatic carbocycles. The molecule has 0 spiro atoms. The van der Waals surface area contributed by atoms with Gasteiger partial charge in [-0.2, -0.15) is 0 Å². The monoisotopic (exact) mass is 459 g/mol. The number of nitrogens with one attached hydrogen (secondary N) is 1. The average molecular weight is 460 g/mol. The minimum absolute atomic E-state index is 0.0927. The molecule has 1 heterocycles. The smallest absolute Gasteiger partial charge is 0.251 e. The molecule has 6 heteroatoms. The van der Waals surface area contributed by atoms with Crippen molar-refractivity contribution < 1.29 is 14.3 Å². The first-order valence-corrected chi connectivity index (χ1v) is 11.9. The number of ether oxygens (including phenoxy) is 2. The topological polar surface area (TPSA) is 54.0 Å². The van der Waals surface area contributed by atoms with Crippen molar-refractivity contribution in [3.05, 3.63) is 95.6 Å². The summed E-state index contributed by atoms with van der Waals surface area (Å²) in [5.41, 5.74) is 2.69. The Labute approximate surface area is 202 Å². The Bertz CT molecular complexity index is 1050. The van der Waals surface area contributed by atoms with Gasteiger partial charge < -0.3 is 14.8 Å². The average Bonchev–Trinajstić information content (AvgIpc) is 3.29. The van der Waals surface area contributed by atoms with Crippen molar-refractivity contribution in [3.8, 4) is 11.5 Å². The van der Waals surface area contributed by atoms with Crippen molar-refractivity contribution in [2.45, 2.75) is 33.1 Å². The van der Waals surface area contributed by atoms with Crippen molar-refractivity contribution in [3.63, 3.8) is 0 Å². The molecule has 0 saturated carbocycles. The van der Waals surface area contributed by atoms with Gasteiger partial charge in [-0.15, -0.1) is 0 Å². The standard InChI is InChI=1S/C28H33N3O3/c1-3-30-18-25(19-31(30)4-2)29-28(32)24-15-16-26(33-20-22-11-7-5-8-12-22)27(17-24)34-21-23-13-9-6-10-14-23/h5-17,25H,3-4,18-21H2,1-2H3,(H,29,32). The Morgan fingerprint density at radius 1 is 0.794 bits per heavy atom. The molecule has 6 nitrogen and oxygen atoms in total. The van der Waals surface area contributed by atoms with Gasteiger partial charge in [0, 0.05) is 31.7 Å². The first-order chi connectivity index (χ1) is 16.7. The van der Waals surface area contributed by atoms with Gasteiger partial charge in [-0.05, 0) is 29.3 Å². The molecule has 3 aromatic carbocycles. The van der Waals surface area contributed by atoms with Crippen LogP contribution in [0.15, 0.2) is 78.9 Å². The van der Waals surface area contributed by atoms with Gasteiger partial charge in [0.15, 0.2) is 11.5 Å². The van der Waals surface area contributed by atoms with Crippen LogP contribution in [0.5, 0.6) is 11.5 Å². The van der Waals surface area contributed by atoms with E-state index < -0.39 is 0 Å². The van der Waals surface area contributed by atoms with E-state index in [1.165, 1.54) is 0 Å². The van der Waals surface area contributed by atoms with Crippen LogP contribution >= 0.6 is 0 Å². The van der Waals surface area contributed by atoms with Crippen LogP contribution in [0.2, 0.25) is 0 Å². The van der Waals surface area contributed by atoms with E-state index in [0.29, 0.717) is 30.3 Å². The number of carbonyl (C=O) groups excluding carboxylic acids is 1. The van der Waals surface area contributed by atoms with Gasteiger partial charge in [-0.3, -0.25) is 4.79 Å². The second-order valence-electron chi connectivity index (χ2n) is 8.39. The largest absolute Gasteiger partial charge is 0.485 e. The van der Waals surface area contributed by atoms with Crippen molar-refractivity contribution >= 4 is 5.91 Å². The highest BCUT2D eigenvalue weighted by Gasteiger charge is 2.29. The van der Waals surface area contributed by atoms with E-state index in [1.807, 2.05) is 66.7 Å². The molecule has 3 aromatic rings. The van der Waals surface area contributed by atoms with Crippen molar-refractivity contribution in [1.29, 1.82) is 0 Å². The van der Waals surface area contributed by atoms with E-state index in [-0.39, 0.29) is 11.9 Å². The maximum Gasteiger partial charge on any atom is 0.251 e. The van der Waals surface area contributed by atoms with Gasteiger partial charge in [0.05, 0.1) is 6.04 Å². The fourth-order valence-corrected chi connectivity index (χ4v) is 4.17. The van der Waals surface area contributed by atoms with E-state index in [9.17, 15) is 4.79 Å². The number of hydrogen-bond acceptors (Lipinski definition) is 5. The Hall–Kier alpha value is -3.35. The number of hydrogen-bond donors (Lipinski definition) is 1. The third kappa shape index (κ3) is 6.16. The molecule has 0 radical (unpaired) electrons. The molecule has 1 aliphatic rings. The molecule has 0 atom stereocenters. The number of hydrazine groups is 1. The van der Waals surface area contributed by atoms with Gasteiger partial charge in [0.25, 0.3) is 5.91 Å². The second kappa shape index (κ2) is 11.7. The lowest BCUT2D eigenvalue weighted by Gasteiger charge is -2.24. The summed E-state index contributed by atoms with van der Waals surface area (Å²) >= 11 is 0. The summed E-state index contributed by atoms with van der Waals surface area (Å²) in [5, 5.41) is 7.74. The summed E-state index contributed by atoms with van der Waals surface area (Å²) in [5.74, 6) is 1.08. The minimum atomic E-state index is -0.0989. The number of carbonyl (C=O) groups is 1. The zero-order chi connectivity index (χ0) is 23.8. The van der Waals surface area contributed by atoms with Crippen LogP contribution in [-0.2, 0) is 13.2 Å². The second-order valence-corrected chi connectivity index (χ2v) is 8.39. The van der Waals surface area contributed by atoms with Crippen LogP contribution in [0.25, 0.3) is 0 Å². The zero-order valence-corrected chi connectivity index (χ0v) is 19.9. The van der Waals surface area contributed by atoms with Gasteiger partial charge in [0.1, 0.15) is 13.2 Å². The Morgan fingerprint density at radius 3 is 1.85 bits per heavy atom. The molecule has 34 heavy (non-hydrogen) atoms. The molecule has 178 valence electrons. The van der Waals surface area contributed by atoms with Crippen LogP contribution in [0.4, 0.5) is 0 Å². The van der Waals surface area contributed by atoms with Crippen molar-refractivity contribution in [1.82, 2.24) is 15.3 Å². The lowest BCUT2D eigenvalue weighted by Crippen LogP contribution is -2.38. The molecule has 1 fully saturated rings. The number of nitrogens with zero attached hydrogens (tertiary/aromatic N) is 2. The fourth-order valence-electron chi connectivity index (χ4n) is 4.17. The molecule has 1 amide bonds. The predicted octanol–water partition coefficient (Wildman–Crippen LogP) is 4.52. The third-order valence-electron chi connectivity index (χ3n) is 6.01. The van der Waals surface area contributed by atoms with Crippen LogP contribution in [-0.4, -0.2) is 48.1 Å². The quantitative estimate of drug-likeness (QED) is 0.483. The van der Waals surface area contributed by atoms with E-state index in [4.69, 9.17) is 9.47 Å². The van der Waals surface area contributed by atoms with Gasteiger partial charge in [0.2, 0.25) is 0 Å². The zero-order valence-electron chi connectivity index (χ0n) is 19.9. The number of likely N-dealkylation sites (N-methyl/N-ethyl adjacent to an activating group) is 2. The minimum Gasteiger partial charge on any atom is -0.485 e. The summed E-state index contributed by atoms with van der Waals surface area (Å²) in [6.45, 7) is 8.62. The SMILES string of the molecule is CCN1CC(NC(=O)c2ccc(OCc3ccccc3)c(OCc3ccccc3)c2)CN1CC. The highest BCUT2D eigenvalue weighted by atomic mass is 16.5. The molecule has 0 bridgehead atoms. The molecular weight excluding hydrogens is 426 g/mol. The van der Waals surface area contributed by atoms with Crippen molar-refractivity contribution in [2.75, 3.05) is 26.2 Å². The summed E-state index contributed by atoms with van der Waals surface area (Å²) < 4.78 is 12.2. The number of benzene rings is 3. The van der Waals surface area contributed by atoms with Gasteiger partial charge in [-0.1, -0.05) is 74.5 Å². The number of rotatable bonds is 10. The predicted molar refractivity (Wildman–Crippen MR) is 134 cm³/mol. The molecule has 0 aromatic heterocycles. The molecule has 4 rings (SSSR count). The lowest BCUT2D eigenvalue weighted by molar-refractivity contribution is 0.0388. The molecule has 0 unspecified atom stereocenters. The van der Waals surface area contributed by atoms with E-state index >= 15 is 0 Å². The fraction of sp³-hybridized carbons (Fsp3) is 0.321. The number of amides is 1. The normalized spacial score (nSPS) is 14.8. The maximum atomic E-state index is 13.1. The molecular formula is C28H33N3O3. The van der Waals surface area contributed by atoms with Gasteiger partial charge in [-0.25, -0.2) is 10.0 Å². The maximum absolute atomic E-state index is 13.1. The van der Waals surface area contributed by atoms with Crippen LogP contribution < -0.4 is 14.8 Å². The van der Waals surface area contributed by atoms with E-state index in [2.05, 4.69) is 29.2 Å². The highest BCUT2D eigenvalue weighted by Crippen LogP contribution is 2.30. The Balaban J connectivity index is 1.48. The Kier molecular flexibility index (Phi) is 8.17. The summed E-state index contributed by atoms with van der Waals surface area (Å²) in [6, 6.07) is 25.5. The summed E-state index contributed by atoms with van der Waals surface area (Å²) in [7, 11) is 0. The van der Waals surface area contributed by atoms with Crippen LogP contribution in [0.1, 0.15) is 35.3 Å².